The zero-order chi connectivity index (χ0) is 26.6. The monoisotopic (exact) mass is 570 g/mol. The Kier molecular flexibility index (Phi) is 7.81. The van der Waals surface area contributed by atoms with Gasteiger partial charge in [0.15, 0.2) is 10.8 Å². The van der Waals surface area contributed by atoms with Crippen LogP contribution < -0.4 is 11.1 Å². The van der Waals surface area contributed by atoms with Crippen molar-refractivity contribution in [1.29, 1.82) is 0 Å². The number of nitrogens with two attached hydrogens (primary N) is 1. The number of thioether (sulfide) groups is 2. The number of oxime groups is 1. The molecule has 0 radical (unpaired) electrons. The van der Waals surface area contributed by atoms with E-state index in [0.29, 0.717) is 10.7 Å². The second kappa shape index (κ2) is 11.4. The van der Waals surface area contributed by atoms with Crippen LogP contribution in [-0.4, -0.2) is 66.7 Å². The van der Waals surface area contributed by atoms with Gasteiger partial charge in [-0.15, -0.1) is 23.1 Å². The number of hydrogen-bond donors (Lipinski definition) is 3. The van der Waals surface area contributed by atoms with E-state index in [2.05, 4.69) is 20.4 Å². The van der Waals surface area contributed by atoms with E-state index in [0.717, 1.165) is 29.7 Å². The number of carbonyl (C=O) groups is 3. The van der Waals surface area contributed by atoms with Crippen molar-refractivity contribution in [1.82, 2.24) is 20.2 Å². The molecule has 2 unspecified atom stereocenters. The van der Waals surface area contributed by atoms with E-state index in [9.17, 15) is 19.5 Å². The molecule has 4 heterocycles. The van der Waals surface area contributed by atoms with E-state index in [4.69, 9.17) is 10.6 Å². The molecule has 0 aromatic carbocycles. The molecule has 38 heavy (non-hydrogen) atoms. The minimum atomic E-state index is -1.20. The van der Waals surface area contributed by atoms with Crippen LogP contribution in [0.4, 0.5) is 5.13 Å². The maximum absolute atomic E-state index is 13.2. The molecule has 0 saturated carbocycles. The summed E-state index contributed by atoms with van der Waals surface area (Å²) in [6.07, 6.45) is 10.4. The molecular weight excluding hydrogens is 549 g/mol. The van der Waals surface area contributed by atoms with Crippen molar-refractivity contribution in [2.45, 2.75) is 30.4 Å². The zero-order valence-electron chi connectivity index (χ0n) is 19.7. The third-order valence-corrected chi connectivity index (χ3v) is 8.84. The average Bonchev–Trinajstić information content (AvgIpc) is 3.59. The highest BCUT2D eigenvalue weighted by molar-refractivity contribution is 8.08. The van der Waals surface area contributed by atoms with Crippen LogP contribution in [-0.2, 0) is 19.2 Å². The lowest BCUT2D eigenvalue weighted by molar-refractivity contribution is -0.150. The normalized spacial score (nSPS) is 22.9. The Balaban J connectivity index is 1.30. The van der Waals surface area contributed by atoms with Crippen LogP contribution in [0.2, 0.25) is 0 Å². The molecule has 1 fully saturated rings. The van der Waals surface area contributed by atoms with Crippen LogP contribution in [0.25, 0.3) is 6.08 Å². The number of rotatable bonds is 9. The summed E-state index contributed by atoms with van der Waals surface area (Å²) in [5.74, 6) is -2.01. The molecule has 2 aromatic rings. The fourth-order valence-electron chi connectivity index (χ4n) is 3.97. The van der Waals surface area contributed by atoms with Crippen LogP contribution in [0.5, 0.6) is 0 Å². The predicted octanol–water partition coefficient (Wildman–Crippen LogP) is 2.66. The second-order valence-corrected chi connectivity index (χ2v) is 11.3. The fourth-order valence-corrected chi connectivity index (χ4v) is 6.88. The van der Waals surface area contributed by atoms with Gasteiger partial charge < -0.3 is 21.0 Å². The van der Waals surface area contributed by atoms with Crippen LogP contribution in [0.15, 0.2) is 63.2 Å². The summed E-state index contributed by atoms with van der Waals surface area (Å²) in [4.78, 5) is 53.8. The number of allylic oxidation sites excluding steroid dienone is 1. The lowest BCUT2D eigenvalue weighted by Gasteiger charge is -2.49. The number of aliphatic carboxylic acids is 1. The Morgan fingerprint density at radius 3 is 2.95 bits per heavy atom. The first-order chi connectivity index (χ1) is 18.4. The number of anilines is 1. The quantitative estimate of drug-likeness (QED) is 0.177. The van der Waals surface area contributed by atoms with Crippen LogP contribution in [0, 0.1) is 0 Å². The van der Waals surface area contributed by atoms with Gasteiger partial charge in [0, 0.05) is 28.4 Å². The number of aromatic nitrogens is 2. The first-order valence-electron chi connectivity index (χ1n) is 11.5. The van der Waals surface area contributed by atoms with Gasteiger partial charge in [-0.3, -0.25) is 19.5 Å². The molecule has 14 heteroatoms. The van der Waals surface area contributed by atoms with Crippen molar-refractivity contribution in [3.63, 3.8) is 0 Å². The molecule has 2 amide bonds. The Morgan fingerprint density at radius 2 is 2.26 bits per heavy atom. The van der Waals surface area contributed by atoms with E-state index in [1.165, 1.54) is 28.4 Å². The Morgan fingerprint density at radius 1 is 1.39 bits per heavy atom. The molecule has 1 saturated heterocycles. The van der Waals surface area contributed by atoms with Gasteiger partial charge in [0.05, 0.1) is 0 Å². The van der Waals surface area contributed by atoms with Crippen molar-refractivity contribution < 1.29 is 24.3 Å². The second-order valence-electron chi connectivity index (χ2n) is 8.31. The van der Waals surface area contributed by atoms with Gasteiger partial charge in [-0.05, 0) is 42.0 Å². The molecule has 1 aliphatic carbocycles. The SMILES string of the molecule is Nc1nc(/C(=N\OC2C=CCC2)C(=O)NC2C(=O)N3C(C(=O)O)=C(S/C=C\c4cccnc4)CS[C@H]23)cs1. The zero-order valence-corrected chi connectivity index (χ0v) is 22.2. The molecule has 11 nitrogen and oxygen atoms in total. The highest BCUT2D eigenvalue weighted by Gasteiger charge is 2.54. The minimum Gasteiger partial charge on any atom is -0.477 e. The van der Waals surface area contributed by atoms with Crippen LogP contribution in [0.1, 0.15) is 24.1 Å². The molecule has 2 aromatic heterocycles. The highest BCUT2D eigenvalue weighted by Crippen LogP contribution is 2.43. The van der Waals surface area contributed by atoms with Gasteiger partial charge >= 0.3 is 5.97 Å². The molecule has 3 aliphatic rings. The number of amides is 2. The summed E-state index contributed by atoms with van der Waals surface area (Å²) in [6.45, 7) is 0. The smallest absolute Gasteiger partial charge is 0.353 e. The van der Waals surface area contributed by atoms with Gasteiger partial charge in [-0.25, -0.2) is 9.78 Å². The van der Waals surface area contributed by atoms with Gasteiger partial charge in [-0.1, -0.05) is 29.1 Å². The molecule has 0 spiro atoms. The number of carboxylic acid groups (broad SMARTS) is 1. The van der Waals surface area contributed by atoms with E-state index in [1.807, 2.05) is 24.3 Å². The van der Waals surface area contributed by atoms with Crippen molar-refractivity contribution >= 4 is 69.6 Å². The van der Waals surface area contributed by atoms with Crippen LogP contribution >= 0.6 is 34.9 Å². The van der Waals surface area contributed by atoms with Crippen molar-refractivity contribution in [2.75, 3.05) is 11.5 Å². The number of pyridine rings is 1. The first kappa shape index (κ1) is 26.0. The number of thiazole rings is 1. The maximum Gasteiger partial charge on any atom is 0.353 e. The molecule has 3 atom stereocenters. The molecule has 0 bridgehead atoms. The minimum absolute atomic E-state index is 0.0809. The van der Waals surface area contributed by atoms with E-state index in [1.54, 1.807) is 29.2 Å². The Labute approximate surface area is 229 Å². The number of fused-ring (bicyclic) bond motifs is 1. The summed E-state index contributed by atoms with van der Waals surface area (Å²) in [5.41, 5.74) is 6.66. The summed E-state index contributed by atoms with van der Waals surface area (Å²) >= 11 is 3.76. The van der Waals surface area contributed by atoms with E-state index in [-0.39, 0.29) is 28.3 Å². The Hall–Kier alpha value is -3.62. The number of nitrogens with zero attached hydrogens (tertiary/aromatic N) is 4. The molecule has 2 aliphatic heterocycles. The van der Waals surface area contributed by atoms with Crippen LogP contribution in [0.3, 0.4) is 0 Å². The number of nitrogen functional groups attached to an aromatic ring is 1. The Bertz CT molecular complexity index is 1370. The van der Waals surface area contributed by atoms with Gasteiger partial charge in [0.25, 0.3) is 11.8 Å². The summed E-state index contributed by atoms with van der Waals surface area (Å²) in [7, 11) is 0. The van der Waals surface area contributed by atoms with Crippen molar-refractivity contribution in [3.05, 3.63) is 69.3 Å². The largest absolute Gasteiger partial charge is 0.477 e. The van der Waals surface area contributed by atoms with Crippen molar-refractivity contribution in [2.24, 2.45) is 5.16 Å². The topological polar surface area (TPSA) is 160 Å². The number of β-lactam (4-membered cyclic amide) rings is 1. The number of nitrogens with one attached hydrogen (secondary N) is 1. The average molecular weight is 571 g/mol. The molecule has 4 N–H and O–H groups in total. The lowest BCUT2D eigenvalue weighted by atomic mass is 10.0. The molecule has 5 rings (SSSR count). The number of carboxylic acids is 1. The fraction of sp³-hybridized carbons (Fsp3) is 0.250. The van der Waals surface area contributed by atoms with Crippen molar-refractivity contribution in [3.8, 4) is 0 Å². The summed E-state index contributed by atoms with van der Waals surface area (Å²) in [5, 5.41) is 19.7. The number of hydrogen-bond acceptors (Lipinski definition) is 11. The van der Waals surface area contributed by atoms with Gasteiger partial charge in [0.2, 0.25) is 0 Å². The standard InChI is InChI=1S/C24H22N6O5S3/c25-24-27-15(11-38-24)17(29-35-14-5-1-2-6-14)20(31)28-18-21(32)30-19(23(33)34)16(12-37-22(18)30)36-9-7-13-4-3-8-26-10-13/h1,3-5,7-11,14,18,22H,2,6,12H2,(H2,25,27)(H,28,31)(H,33,34)/b9-7-,29-17+/t14?,18?,22-/m1/s1. The van der Waals surface area contributed by atoms with Gasteiger partial charge in [-0.2, -0.15) is 0 Å². The summed E-state index contributed by atoms with van der Waals surface area (Å²) < 4.78 is 0. The van der Waals surface area contributed by atoms with E-state index >= 15 is 0 Å². The predicted molar refractivity (Wildman–Crippen MR) is 147 cm³/mol. The van der Waals surface area contributed by atoms with Gasteiger partial charge in [0.1, 0.15) is 28.9 Å². The highest BCUT2D eigenvalue weighted by atomic mass is 32.2. The molecular formula is C24H22N6O5S3. The van der Waals surface area contributed by atoms with E-state index < -0.39 is 29.2 Å². The third kappa shape index (κ3) is 5.47. The number of carbonyl (C=O) groups excluding carboxylic acids is 2. The lowest BCUT2D eigenvalue weighted by Crippen LogP contribution is -2.71. The third-order valence-electron chi connectivity index (χ3n) is 5.81. The molecule has 196 valence electrons. The maximum atomic E-state index is 13.2. The first-order valence-corrected chi connectivity index (χ1v) is 14.3. The summed E-state index contributed by atoms with van der Waals surface area (Å²) in [6, 6.07) is 2.76.